The van der Waals surface area contributed by atoms with Crippen LogP contribution in [0, 0.1) is 5.82 Å². The summed E-state index contributed by atoms with van der Waals surface area (Å²) in [6.45, 7) is 3.29. The highest BCUT2D eigenvalue weighted by atomic mass is 19.1. The van der Waals surface area contributed by atoms with Gasteiger partial charge in [0, 0.05) is 0 Å². The van der Waals surface area contributed by atoms with Crippen molar-refractivity contribution in [3.63, 3.8) is 0 Å². The third-order valence-electron chi connectivity index (χ3n) is 1.16. The van der Waals surface area contributed by atoms with Crippen LogP contribution in [0.2, 0.25) is 0 Å². The molecule has 1 aromatic carbocycles. The second kappa shape index (κ2) is 4.44. The first kappa shape index (κ1) is 8.65. The van der Waals surface area contributed by atoms with E-state index in [-0.39, 0.29) is 5.75 Å². The Labute approximate surface area is 70.9 Å². The summed E-state index contributed by atoms with van der Waals surface area (Å²) in [6.07, 6.45) is 1.18. The van der Waals surface area contributed by atoms with Gasteiger partial charge in [0.25, 0.3) is 0 Å². The van der Waals surface area contributed by atoms with Crippen molar-refractivity contribution in [2.75, 3.05) is 0 Å². The monoisotopic (exact) mass is 165 g/mol. The fourth-order valence-corrected chi connectivity index (χ4v) is 0.659. The lowest BCUT2D eigenvalue weighted by molar-refractivity contribution is 0.400. The lowest BCUT2D eigenvalue weighted by atomic mass is 10.3. The Kier molecular flexibility index (Phi) is 3.20. The van der Waals surface area contributed by atoms with E-state index in [0.717, 1.165) is 7.69 Å². The zero-order chi connectivity index (χ0) is 8.81. The molecular formula is C8H7BFO2. The van der Waals surface area contributed by atoms with Crippen molar-refractivity contribution in [3.8, 4) is 5.75 Å². The van der Waals surface area contributed by atoms with Crippen molar-refractivity contribution in [1.29, 1.82) is 0 Å². The summed E-state index contributed by atoms with van der Waals surface area (Å²) in [5.74, 6) is -0.305. The van der Waals surface area contributed by atoms with Gasteiger partial charge < -0.3 is 9.31 Å². The lowest BCUT2D eigenvalue weighted by Gasteiger charge is -2.02. The molecule has 0 aliphatic rings. The van der Waals surface area contributed by atoms with E-state index < -0.39 is 5.82 Å². The number of hydrogen-bond donors (Lipinski definition) is 0. The minimum Gasteiger partial charge on any atom is -0.533 e. The predicted molar refractivity (Wildman–Crippen MR) is 44.1 cm³/mol. The van der Waals surface area contributed by atoms with Gasteiger partial charge in [-0.2, -0.15) is 0 Å². The zero-order valence-electron chi connectivity index (χ0n) is 6.37. The van der Waals surface area contributed by atoms with Crippen molar-refractivity contribution in [2.45, 2.75) is 0 Å². The maximum Gasteiger partial charge on any atom is 0.657 e. The van der Waals surface area contributed by atoms with Crippen LogP contribution in [0.5, 0.6) is 5.75 Å². The van der Waals surface area contributed by atoms with Gasteiger partial charge >= 0.3 is 7.69 Å². The van der Waals surface area contributed by atoms with Gasteiger partial charge in [0.05, 0.1) is 6.26 Å². The highest BCUT2D eigenvalue weighted by Gasteiger charge is 2.02. The molecule has 12 heavy (non-hydrogen) atoms. The molecule has 2 nitrogen and oxygen atoms in total. The molecule has 1 rings (SSSR count). The zero-order valence-corrected chi connectivity index (χ0v) is 6.37. The smallest absolute Gasteiger partial charge is 0.533 e. The fourth-order valence-electron chi connectivity index (χ4n) is 0.659. The summed E-state index contributed by atoms with van der Waals surface area (Å²) in [6, 6.07) is 6.05. The number of halogens is 1. The summed E-state index contributed by atoms with van der Waals surface area (Å²) in [5.41, 5.74) is 0. The molecule has 0 saturated carbocycles. The minimum atomic E-state index is -0.429. The third-order valence-corrected chi connectivity index (χ3v) is 1.16. The normalized spacial score (nSPS) is 8.75. The molecule has 0 bridgehead atoms. The van der Waals surface area contributed by atoms with Crippen molar-refractivity contribution >= 4 is 7.69 Å². The molecule has 0 atom stereocenters. The predicted octanol–water partition coefficient (Wildman–Crippen LogP) is 1.90. The van der Waals surface area contributed by atoms with Crippen LogP contribution in [0.1, 0.15) is 0 Å². The van der Waals surface area contributed by atoms with Crippen LogP contribution in [-0.2, 0) is 4.65 Å². The van der Waals surface area contributed by atoms with Gasteiger partial charge in [-0.05, 0) is 12.1 Å². The van der Waals surface area contributed by atoms with Crippen LogP contribution in [0.3, 0.4) is 0 Å². The SMILES string of the molecule is C=CO[B]Oc1ccccc1F. The molecule has 0 saturated heterocycles. The Hall–Kier alpha value is -1.45. The summed E-state index contributed by atoms with van der Waals surface area (Å²) in [5, 5.41) is 0. The molecule has 1 radical (unpaired) electrons. The molecule has 0 amide bonds. The molecule has 61 valence electrons. The Morgan fingerprint density at radius 1 is 1.42 bits per heavy atom. The number of benzene rings is 1. The van der Waals surface area contributed by atoms with Gasteiger partial charge in [-0.3, -0.25) is 0 Å². The van der Waals surface area contributed by atoms with Gasteiger partial charge in [-0.15, -0.1) is 0 Å². The van der Waals surface area contributed by atoms with Gasteiger partial charge in [-0.1, -0.05) is 18.7 Å². The summed E-state index contributed by atoms with van der Waals surface area (Å²) < 4.78 is 22.1. The minimum absolute atomic E-state index is 0.124. The number of hydrogen-bond acceptors (Lipinski definition) is 2. The Bertz CT molecular complexity index is 265. The van der Waals surface area contributed by atoms with Gasteiger partial charge in [0.2, 0.25) is 0 Å². The number of para-hydroxylation sites is 1. The van der Waals surface area contributed by atoms with E-state index in [9.17, 15) is 4.39 Å². The van der Waals surface area contributed by atoms with Gasteiger partial charge in [0.15, 0.2) is 5.82 Å². The fraction of sp³-hybridized carbons (Fsp3) is 0. The van der Waals surface area contributed by atoms with Crippen LogP contribution in [0.25, 0.3) is 0 Å². The van der Waals surface area contributed by atoms with E-state index in [1.54, 1.807) is 12.1 Å². The first-order chi connectivity index (χ1) is 5.84. The molecule has 0 fully saturated rings. The standard InChI is InChI=1S/C8H7BFO2/c1-2-11-9-12-8-6-4-3-5-7(8)10/h2-6H,1H2. The average Bonchev–Trinajstić information content (AvgIpc) is 2.09. The highest BCUT2D eigenvalue weighted by Crippen LogP contribution is 2.14. The molecule has 0 unspecified atom stereocenters. The topological polar surface area (TPSA) is 18.5 Å². The first-order valence-electron chi connectivity index (χ1n) is 3.34. The maximum atomic E-state index is 12.8. The van der Waals surface area contributed by atoms with Crippen molar-refractivity contribution in [3.05, 3.63) is 42.9 Å². The van der Waals surface area contributed by atoms with Crippen molar-refractivity contribution in [2.24, 2.45) is 0 Å². The van der Waals surface area contributed by atoms with Crippen LogP contribution in [-0.4, -0.2) is 7.69 Å². The summed E-state index contributed by atoms with van der Waals surface area (Å²) in [4.78, 5) is 0. The van der Waals surface area contributed by atoms with E-state index >= 15 is 0 Å². The Morgan fingerprint density at radius 3 is 2.83 bits per heavy atom. The Balaban J connectivity index is 2.51. The van der Waals surface area contributed by atoms with Gasteiger partial charge in [-0.25, -0.2) is 4.39 Å². The summed E-state index contributed by atoms with van der Waals surface area (Å²) >= 11 is 0. The number of rotatable bonds is 4. The molecule has 0 heterocycles. The lowest BCUT2D eigenvalue weighted by Crippen LogP contribution is -2.04. The van der Waals surface area contributed by atoms with Crippen molar-refractivity contribution in [1.82, 2.24) is 0 Å². The van der Waals surface area contributed by atoms with Crippen LogP contribution < -0.4 is 4.65 Å². The molecular weight excluding hydrogens is 158 g/mol. The van der Waals surface area contributed by atoms with Gasteiger partial charge in [0.1, 0.15) is 5.75 Å². The van der Waals surface area contributed by atoms with E-state index in [1.165, 1.54) is 18.4 Å². The first-order valence-corrected chi connectivity index (χ1v) is 3.34. The molecule has 0 aliphatic heterocycles. The average molecular weight is 165 g/mol. The maximum absolute atomic E-state index is 12.8. The third kappa shape index (κ3) is 2.30. The van der Waals surface area contributed by atoms with E-state index in [0.29, 0.717) is 0 Å². The Morgan fingerprint density at radius 2 is 2.17 bits per heavy atom. The van der Waals surface area contributed by atoms with E-state index in [1.807, 2.05) is 0 Å². The quantitative estimate of drug-likeness (QED) is 0.385. The van der Waals surface area contributed by atoms with E-state index in [4.69, 9.17) is 4.65 Å². The van der Waals surface area contributed by atoms with Crippen LogP contribution in [0.4, 0.5) is 4.39 Å². The highest BCUT2D eigenvalue weighted by molar-refractivity contribution is 6.19. The van der Waals surface area contributed by atoms with Crippen molar-refractivity contribution < 1.29 is 13.7 Å². The van der Waals surface area contributed by atoms with Crippen LogP contribution in [0.15, 0.2) is 37.1 Å². The second-order valence-corrected chi connectivity index (χ2v) is 1.95. The molecule has 0 spiro atoms. The molecule has 4 heteroatoms. The summed E-state index contributed by atoms with van der Waals surface area (Å²) in [7, 11) is 1.01. The molecule has 0 aliphatic carbocycles. The largest absolute Gasteiger partial charge is 0.657 e. The van der Waals surface area contributed by atoms with Crippen LogP contribution >= 0.6 is 0 Å². The molecule has 0 N–H and O–H groups in total. The second-order valence-electron chi connectivity index (χ2n) is 1.95. The molecule has 1 aromatic rings. The van der Waals surface area contributed by atoms with E-state index in [2.05, 4.69) is 11.2 Å². The molecule has 0 aromatic heterocycles.